The quantitative estimate of drug-likeness (QED) is 0.122. The van der Waals surface area contributed by atoms with Crippen LogP contribution < -0.4 is 27.8 Å². The van der Waals surface area contributed by atoms with E-state index in [0.717, 1.165) is 16.3 Å². The van der Waals surface area contributed by atoms with Crippen molar-refractivity contribution in [2.45, 2.75) is 44.2 Å². The fourth-order valence-electron chi connectivity index (χ4n) is 5.27. The predicted octanol–water partition coefficient (Wildman–Crippen LogP) is 1.44. The number of nitrogens with two attached hydrogens (primary N) is 3. The first-order chi connectivity index (χ1) is 20.7. The molecular formula is C32H39N7O4. The van der Waals surface area contributed by atoms with Gasteiger partial charge in [-0.1, -0.05) is 60.7 Å². The normalized spacial score (nSPS) is 14.8. The van der Waals surface area contributed by atoms with Gasteiger partial charge in [0, 0.05) is 37.5 Å². The molecule has 1 heterocycles. The minimum Gasteiger partial charge on any atom is -0.370 e. The number of carbonyl (C=O) groups is 4. The van der Waals surface area contributed by atoms with Gasteiger partial charge in [-0.05, 0) is 54.2 Å². The Balaban J connectivity index is 1.39. The molecule has 0 saturated carbocycles. The van der Waals surface area contributed by atoms with Crippen molar-refractivity contribution < 1.29 is 19.2 Å². The molecule has 43 heavy (non-hydrogen) atoms. The molecule has 0 spiro atoms. The topological polar surface area (TPSA) is 186 Å². The predicted molar refractivity (Wildman–Crippen MR) is 166 cm³/mol. The molecule has 2 atom stereocenters. The number of benzene rings is 3. The lowest BCUT2D eigenvalue weighted by Gasteiger charge is -2.32. The second kappa shape index (κ2) is 14.8. The second-order valence-electron chi connectivity index (χ2n) is 10.8. The Morgan fingerprint density at radius 2 is 1.51 bits per heavy atom. The summed E-state index contributed by atoms with van der Waals surface area (Å²) in [6.45, 7) is 1.14. The lowest BCUT2D eigenvalue weighted by molar-refractivity contribution is -0.133. The van der Waals surface area contributed by atoms with Gasteiger partial charge in [-0.25, -0.2) is 0 Å². The third-order valence-electron chi connectivity index (χ3n) is 7.67. The number of hydrogen-bond donors (Lipinski definition) is 5. The number of piperidine rings is 1. The molecular weight excluding hydrogens is 546 g/mol. The Bertz CT molecular complexity index is 1460. The summed E-state index contributed by atoms with van der Waals surface area (Å²) in [4.78, 5) is 57.6. The Labute approximate surface area is 250 Å². The lowest BCUT2D eigenvalue weighted by Crippen LogP contribution is -2.55. The van der Waals surface area contributed by atoms with Crippen LogP contribution >= 0.6 is 0 Å². The molecule has 0 radical (unpaired) electrons. The molecule has 226 valence electrons. The molecule has 1 aliphatic heterocycles. The first-order valence-corrected chi connectivity index (χ1v) is 14.5. The fraction of sp³-hybridized carbons (Fsp3) is 0.344. The van der Waals surface area contributed by atoms with Crippen molar-refractivity contribution in [1.82, 2.24) is 15.5 Å². The maximum atomic E-state index is 13.4. The number of amides is 4. The van der Waals surface area contributed by atoms with Crippen molar-refractivity contribution in [1.29, 1.82) is 0 Å². The summed E-state index contributed by atoms with van der Waals surface area (Å²) in [6, 6.07) is 20.8. The molecule has 0 bridgehead atoms. The van der Waals surface area contributed by atoms with Gasteiger partial charge in [0.2, 0.25) is 17.7 Å². The van der Waals surface area contributed by atoms with Crippen LogP contribution in [0.2, 0.25) is 0 Å². The second-order valence-corrected chi connectivity index (χ2v) is 10.8. The number of fused-ring (bicyclic) bond motifs is 1. The number of nitrogens with zero attached hydrogens (tertiary/aromatic N) is 2. The first-order valence-electron chi connectivity index (χ1n) is 14.5. The van der Waals surface area contributed by atoms with Crippen molar-refractivity contribution in [3.05, 3.63) is 83.9 Å². The highest BCUT2D eigenvalue weighted by Crippen LogP contribution is 2.20. The Kier molecular flexibility index (Phi) is 10.7. The molecule has 1 aliphatic rings. The van der Waals surface area contributed by atoms with E-state index in [9.17, 15) is 19.2 Å². The van der Waals surface area contributed by atoms with E-state index in [2.05, 4.69) is 15.6 Å². The monoisotopic (exact) mass is 585 g/mol. The Morgan fingerprint density at radius 1 is 0.837 bits per heavy atom. The van der Waals surface area contributed by atoms with Crippen LogP contribution in [0.15, 0.2) is 77.8 Å². The number of nitrogens with one attached hydrogen (secondary N) is 2. The van der Waals surface area contributed by atoms with Crippen LogP contribution in [0.1, 0.15) is 41.6 Å². The van der Waals surface area contributed by atoms with Gasteiger partial charge in [-0.2, -0.15) is 0 Å². The number of rotatable bonds is 12. The molecule has 11 heteroatoms. The summed E-state index contributed by atoms with van der Waals surface area (Å²) in [5.41, 5.74) is 18.0. The molecule has 1 fully saturated rings. The highest BCUT2D eigenvalue weighted by atomic mass is 16.2. The minimum absolute atomic E-state index is 0.0639. The van der Waals surface area contributed by atoms with Crippen LogP contribution in [-0.4, -0.2) is 66.2 Å². The highest BCUT2D eigenvalue weighted by Gasteiger charge is 2.31. The molecule has 1 saturated heterocycles. The highest BCUT2D eigenvalue weighted by molar-refractivity contribution is 5.95. The van der Waals surface area contributed by atoms with Crippen molar-refractivity contribution in [2.24, 2.45) is 28.1 Å². The number of aliphatic imine (C=N–C) groups is 1. The van der Waals surface area contributed by atoms with Gasteiger partial charge in [0.15, 0.2) is 5.96 Å². The molecule has 0 aliphatic carbocycles. The van der Waals surface area contributed by atoms with E-state index in [1.165, 1.54) is 0 Å². The third kappa shape index (κ3) is 8.78. The zero-order chi connectivity index (χ0) is 30.8. The van der Waals surface area contributed by atoms with Gasteiger partial charge in [0.05, 0.1) is 0 Å². The number of likely N-dealkylation sites (tertiary alicyclic amines) is 1. The summed E-state index contributed by atoms with van der Waals surface area (Å²) < 4.78 is 0. The third-order valence-corrected chi connectivity index (χ3v) is 7.67. The average Bonchev–Trinajstić information content (AvgIpc) is 3.02. The minimum atomic E-state index is -0.974. The molecule has 0 unspecified atom stereocenters. The Hall–Kier alpha value is -4.93. The van der Waals surface area contributed by atoms with E-state index < -0.39 is 23.9 Å². The molecule has 4 amide bonds. The summed E-state index contributed by atoms with van der Waals surface area (Å²) in [6.07, 6.45) is 1.82. The standard InChI is InChI=1S/C32H39N7O4/c33-28(40)27(20-21-12-13-22-7-4-5-10-25(22)19-21)38-30(42)26(11-6-16-36-32(34)35)37-29(41)23-14-17-39(18-15-23)31(43)24-8-2-1-3-9-24/h1-5,7-10,12-13,19,23,26-27H,6,11,14-18,20H2,(H2,33,40)(H,37,41)(H,38,42)(H4,34,35,36)/t26-,27-/m0/s1. The van der Waals surface area contributed by atoms with E-state index in [1.807, 2.05) is 60.7 Å². The van der Waals surface area contributed by atoms with Crippen molar-refractivity contribution in [3.63, 3.8) is 0 Å². The van der Waals surface area contributed by atoms with Crippen LogP contribution in [0.5, 0.6) is 0 Å². The average molecular weight is 586 g/mol. The lowest BCUT2D eigenvalue weighted by atomic mass is 9.94. The first kappa shape index (κ1) is 31.0. The zero-order valence-electron chi connectivity index (χ0n) is 24.1. The van der Waals surface area contributed by atoms with Crippen LogP contribution in [0.4, 0.5) is 0 Å². The number of primary amides is 1. The maximum Gasteiger partial charge on any atom is 0.253 e. The smallest absolute Gasteiger partial charge is 0.253 e. The molecule has 8 N–H and O–H groups in total. The molecule has 3 aromatic carbocycles. The van der Waals surface area contributed by atoms with Gasteiger partial charge in [0.25, 0.3) is 5.91 Å². The zero-order valence-corrected chi connectivity index (χ0v) is 24.1. The molecule has 0 aromatic heterocycles. The van der Waals surface area contributed by atoms with Crippen LogP contribution in [0, 0.1) is 5.92 Å². The molecule has 3 aromatic rings. The van der Waals surface area contributed by atoms with Crippen LogP contribution in [-0.2, 0) is 20.8 Å². The van der Waals surface area contributed by atoms with E-state index in [4.69, 9.17) is 17.2 Å². The largest absolute Gasteiger partial charge is 0.370 e. The number of guanidine groups is 1. The van der Waals surface area contributed by atoms with E-state index in [0.29, 0.717) is 37.9 Å². The van der Waals surface area contributed by atoms with Crippen molar-refractivity contribution in [3.8, 4) is 0 Å². The van der Waals surface area contributed by atoms with Gasteiger partial charge in [-0.3, -0.25) is 24.2 Å². The molecule has 11 nitrogen and oxygen atoms in total. The van der Waals surface area contributed by atoms with Gasteiger partial charge < -0.3 is 32.7 Å². The van der Waals surface area contributed by atoms with Gasteiger partial charge in [0.1, 0.15) is 12.1 Å². The summed E-state index contributed by atoms with van der Waals surface area (Å²) in [5, 5.41) is 7.68. The summed E-state index contributed by atoms with van der Waals surface area (Å²) in [5.74, 6) is -1.97. The molecule has 4 rings (SSSR count). The van der Waals surface area contributed by atoms with Crippen LogP contribution in [0.3, 0.4) is 0 Å². The van der Waals surface area contributed by atoms with Gasteiger partial charge >= 0.3 is 0 Å². The van der Waals surface area contributed by atoms with Crippen molar-refractivity contribution >= 4 is 40.4 Å². The summed E-state index contributed by atoms with van der Waals surface area (Å²) >= 11 is 0. The van der Waals surface area contributed by atoms with E-state index in [-0.39, 0.29) is 43.1 Å². The summed E-state index contributed by atoms with van der Waals surface area (Å²) in [7, 11) is 0. The maximum absolute atomic E-state index is 13.4. The fourth-order valence-corrected chi connectivity index (χ4v) is 5.27. The van der Waals surface area contributed by atoms with Crippen LogP contribution in [0.25, 0.3) is 10.8 Å². The SMILES string of the molecule is NC(=O)[C@H](Cc1ccc2ccccc2c1)NC(=O)[C@H](CCCN=C(N)N)NC(=O)C1CCN(C(=O)c2ccccc2)CC1. The van der Waals surface area contributed by atoms with E-state index in [1.54, 1.807) is 17.0 Å². The number of hydrogen-bond acceptors (Lipinski definition) is 5. The van der Waals surface area contributed by atoms with E-state index >= 15 is 0 Å². The number of carbonyl (C=O) groups excluding carboxylic acids is 4. The van der Waals surface area contributed by atoms with Gasteiger partial charge in [-0.15, -0.1) is 0 Å². The Morgan fingerprint density at radius 3 is 2.19 bits per heavy atom. The van der Waals surface area contributed by atoms with Crippen molar-refractivity contribution in [2.75, 3.05) is 19.6 Å².